The summed E-state index contributed by atoms with van der Waals surface area (Å²) in [6.45, 7) is -0.178. The van der Waals surface area contributed by atoms with Crippen LogP contribution >= 0.6 is 0 Å². The molecule has 1 heterocycles. The number of Topliss-reactive ketones (excluding diaryl/α,β-unsaturated/α-hetero) is 1. The highest BCUT2D eigenvalue weighted by atomic mass is 16.6. The Morgan fingerprint density at radius 3 is 2.38 bits per heavy atom. The maximum Gasteiger partial charge on any atom is 0.192 e. The van der Waals surface area contributed by atoms with E-state index in [2.05, 4.69) is 4.74 Å². The first-order valence-electron chi connectivity index (χ1n) is 2.22. The first-order chi connectivity index (χ1) is 3.72. The summed E-state index contributed by atoms with van der Waals surface area (Å²) in [7, 11) is 0. The molecular weight excluding hydrogens is 112 g/mol. The van der Waals surface area contributed by atoms with Gasteiger partial charge in [0.15, 0.2) is 18.2 Å². The molecule has 0 aromatic carbocycles. The number of hydrogen-bond donors (Lipinski definition) is 2. The van der Waals surface area contributed by atoms with Gasteiger partial charge in [0.2, 0.25) is 0 Å². The van der Waals surface area contributed by atoms with Crippen LogP contribution in [0, 0.1) is 0 Å². The lowest BCUT2D eigenvalue weighted by Gasteiger charge is -2.00. The molecule has 0 amide bonds. The summed E-state index contributed by atoms with van der Waals surface area (Å²) >= 11 is 0. The molecule has 0 aromatic rings. The predicted molar refractivity (Wildman–Crippen MR) is 23.0 cm³/mol. The maximum absolute atomic E-state index is 10.2. The van der Waals surface area contributed by atoms with Gasteiger partial charge in [-0.25, -0.2) is 0 Å². The van der Waals surface area contributed by atoms with Gasteiger partial charge in [-0.15, -0.1) is 0 Å². The zero-order valence-corrected chi connectivity index (χ0v) is 4.07. The second-order valence-corrected chi connectivity index (χ2v) is 1.61. The average Bonchev–Trinajstić information content (AvgIpc) is 1.98. The molecule has 0 bridgehead atoms. The molecule has 1 saturated heterocycles. The number of carbonyl (C=O) groups is 1. The van der Waals surface area contributed by atoms with Crippen molar-refractivity contribution in [3.63, 3.8) is 0 Å². The Hall–Kier alpha value is -0.450. The fraction of sp³-hybridized carbons (Fsp3) is 0.750. The van der Waals surface area contributed by atoms with E-state index in [4.69, 9.17) is 10.2 Å². The molecule has 2 atom stereocenters. The standard InChI is InChI=1S/C4H6O4/c5-2-1-8-4(7)3(2)6/h3-4,6-7H,1H2. The Morgan fingerprint density at radius 2 is 2.25 bits per heavy atom. The summed E-state index contributed by atoms with van der Waals surface area (Å²) in [5, 5.41) is 17.0. The molecule has 0 aromatic heterocycles. The van der Waals surface area contributed by atoms with Gasteiger partial charge in [-0.1, -0.05) is 0 Å². The van der Waals surface area contributed by atoms with E-state index in [1.54, 1.807) is 0 Å². The van der Waals surface area contributed by atoms with Crippen molar-refractivity contribution in [2.45, 2.75) is 12.4 Å². The van der Waals surface area contributed by atoms with E-state index in [9.17, 15) is 4.79 Å². The molecule has 1 rings (SSSR count). The largest absolute Gasteiger partial charge is 0.380 e. The van der Waals surface area contributed by atoms with Gasteiger partial charge in [-0.05, 0) is 0 Å². The molecule has 1 fully saturated rings. The van der Waals surface area contributed by atoms with E-state index in [1.165, 1.54) is 0 Å². The van der Waals surface area contributed by atoms with Gasteiger partial charge in [0, 0.05) is 0 Å². The van der Waals surface area contributed by atoms with Crippen LogP contribution in [-0.2, 0) is 9.53 Å². The zero-order valence-electron chi connectivity index (χ0n) is 4.07. The number of hydrogen-bond acceptors (Lipinski definition) is 4. The highest BCUT2D eigenvalue weighted by Crippen LogP contribution is 2.05. The second-order valence-electron chi connectivity index (χ2n) is 1.61. The molecule has 2 unspecified atom stereocenters. The van der Waals surface area contributed by atoms with Gasteiger partial charge < -0.3 is 14.9 Å². The smallest absolute Gasteiger partial charge is 0.192 e. The Labute approximate surface area is 45.7 Å². The third-order valence-corrected chi connectivity index (χ3v) is 0.996. The Balaban J connectivity index is 2.56. The van der Waals surface area contributed by atoms with Gasteiger partial charge in [0.05, 0.1) is 0 Å². The summed E-state index contributed by atoms with van der Waals surface area (Å²) in [5.41, 5.74) is 0. The summed E-state index contributed by atoms with van der Waals surface area (Å²) < 4.78 is 4.33. The lowest BCUT2D eigenvalue weighted by Crippen LogP contribution is -2.25. The van der Waals surface area contributed by atoms with E-state index >= 15 is 0 Å². The molecule has 0 saturated carbocycles. The minimum absolute atomic E-state index is 0.178. The van der Waals surface area contributed by atoms with Crippen molar-refractivity contribution < 1.29 is 19.7 Å². The number of ether oxygens (including phenoxy) is 1. The number of aliphatic hydroxyl groups excluding tert-OH is 2. The molecular formula is C4H6O4. The van der Waals surface area contributed by atoms with Crippen LogP contribution < -0.4 is 0 Å². The van der Waals surface area contributed by atoms with Gasteiger partial charge in [0.1, 0.15) is 6.61 Å². The number of aliphatic hydroxyl groups is 2. The number of ketones is 1. The Kier molecular flexibility index (Phi) is 1.29. The molecule has 4 heteroatoms. The molecule has 1 aliphatic rings. The molecule has 8 heavy (non-hydrogen) atoms. The van der Waals surface area contributed by atoms with Gasteiger partial charge >= 0.3 is 0 Å². The molecule has 0 spiro atoms. The maximum atomic E-state index is 10.2. The van der Waals surface area contributed by atoms with Gasteiger partial charge in [-0.2, -0.15) is 0 Å². The van der Waals surface area contributed by atoms with Crippen molar-refractivity contribution in [2.75, 3.05) is 6.61 Å². The third-order valence-electron chi connectivity index (χ3n) is 0.996. The van der Waals surface area contributed by atoms with E-state index in [0.717, 1.165) is 0 Å². The summed E-state index contributed by atoms with van der Waals surface area (Å²) in [6.07, 6.45) is -2.63. The van der Waals surface area contributed by atoms with E-state index in [1.807, 2.05) is 0 Å². The third kappa shape index (κ3) is 0.730. The molecule has 4 nitrogen and oxygen atoms in total. The summed E-state index contributed by atoms with van der Waals surface area (Å²) in [6, 6.07) is 0. The number of carbonyl (C=O) groups excluding carboxylic acids is 1. The van der Waals surface area contributed by atoms with E-state index < -0.39 is 18.2 Å². The lowest BCUT2D eigenvalue weighted by atomic mass is 10.3. The molecule has 0 radical (unpaired) electrons. The van der Waals surface area contributed by atoms with Crippen LogP contribution in [0.4, 0.5) is 0 Å². The fourth-order valence-electron chi connectivity index (χ4n) is 0.503. The van der Waals surface area contributed by atoms with Crippen LogP contribution in [0.15, 0.2) is 0 Å². The van der Waals surface area contributed by atoms with Crippen LogP contribution in [0.2, 0.25) is 0 Å². The highest BCUT2D eigenvalue weighted by Gasteiger charge is 2.31. The first kappa shape index (κ1) is 5.68. The second kappa shape index (κ2) is 1.81. The number of rotatable bonds is 0. The van der Waals surface area contributed by atoms with Crippen molar-refractivity contribution in [2.24, 2.45) is 0 Å². The molecule has 1 aliphatic heterocycles. The molecule has 0 aliphatic carbocycles. The summed E-state index contributed by atoms with van der Waals surface area (Å²) in [4.78, 5) is 10.2. The predicted octanol–water partition coefficient (Wildman–Crippen LogP) is -1.74. The van der Waals surface area contributed by atoms with E-state index in [-0.39, 0.29) is 6.61 Å². The SMILES string of the molecule is O=C1COC(O)C1O. The van der Waals surface area contributed by atoms with Crippen LogP contribution in [-0.4, -0.2) is 35.0 Å². The van der Waals surface area contributed by atoms with Crippen LogP contribution in [0.5, 0.6) is 0 Å². The quantitative estimate of drug-likeness (QED) is 0.396. The Morgan fingerprint density at radius 1 is 1.62 bits per heavy atom. The van der Waals surface area contributed by atoms with Crippen molar-refractivity contribution >= 4 is 5.78 Å². The van der Waals surface area contributed by atoms with Crippen LogP contribution in [0.1, 0.15) is 0 Å². The molecule has 2 N–H and O–H groups in total. The van der Waals surface area contributed by atoms with Crippen LogP contribution in [0.25, 0.3) is 0 Å². The minimum Gasteiger partial charge on any atom is -0.380 e. The van der Waals surface area contributed by atoms with Crippen molar-refractivity contribution in [1.82, 2.24) is 0 Å². The van der Waals surface area contributed by atoms with Gasteiger partial charge in [0.25, 0.3) is 0 Å². The normalized spacial score (nSPS) is 38.5. The molecule has 46 valence electrons. The zero-order chi connectivity index (χ0) is 6.15. The summed E-state index contributed by atoms with van der Waals surface area (Å²) in [5.74, 6) is -0.461. The van der Waals surface area contributed by atoms with E-state index in [0.29, 0.717) is 0 Å². The van der Waals surface area contributed by atoms with Crippen molar-refractivity contribution in [3.8, 4) is 0 Å². The minimum atomic E-state index is -1.32. The van der Waals surface area contributed by atoms with Crippen molar-refractivity contribution in [3.05, 3.63) is 0 Å². The first-order valence-corrected chi connectivity index (χ1v) is 2.22. The van der Waals surface area contributed by atoms with Crippen LogP contribution in [0.3, 0.4) is 0 Å². The fourth-order valence-corrected chi connectivity index (χ4v) is 0.503. The van der Waals surface area contributed by atoms with Gasteiger partial charge in [-0.3, -0.25) is 4.79 Å². The highest BCUT2D eigenvalue weighted by molar-refractivity contribution is 5.85. The topological polar surface area (TPSA) is 66.8 Å². The van der Waals surface area contributed by atoms with Crippen molar-refractivity contribution in [1.29, 1.82) is 0 Å². The lowest BCUT2D eigenvalue weighted by molar-refractivity contribution is -0.128. The Bertz CT molecular complexity index is 111. The monoisotopic (exact) mass is 118 g/mol. The average molecular weight is 118 g/mol.